The van der Waals surface area contributed by atoms with E-state index in [2.05, 4.69) is 10.2 Å². The maximum Gasteiger partial charge on any atom is 0.319 e. The molecule has 0 spiro atoms. The van der Waals surface area contributed by atoms with Crippen LogP contribution in [0.2, 0.25) is 0 Å². The van der Waals surface area contributed by atoms with E-state index in [-0.39, 0.29) is 11.9 Å². The number of halogens is 1. The first-order valence-corrected chi connectivity index (χ1v) is 6.98. The molecule has 4 nitrogen and oxygen atoms in total. The maximum atomic E-state index is 11.7. The maximum absolute atomic E-state index is 11.7. The highest BCUT2D eigenvalue weighted by molar-refractivity contribution is 14.1. The van der Waals surface area contributed by atoms with Crippen molar-refractivity contribution in [2.24, 2.45) is 5.92 Å². The monoisotopic (exact) mass is 338 g/mol. The average Bonchev–Trinajstić information content (AvgIpc) is 2.39. The summed E-state index contributed by atoms with van der Waals surface area (Å²) in [5.74, 6) is 0.0765. The Hall–Kier alpha value is 0.120. The van der Waals surface area contributed by atoms with Crippen LogP contribution in [0.1, 0.15) is 25.7 Å². The first kappa shape index (κ1) is 12.6. The van der Waals surface area contributed by atoms with Crippen LogP contribution >= 0.6 is 23.0 Å². The summed E-state index contributed by atoms with van der Waals surface area (Å²) in [6.07, 6.45) is 4.56. The molecule has 0 bridgehead atoms. The summed E-state index contributed by atoms with van der Waals surface area (Å²) < 4.78 is 4.90. The van der Waals surface area contributed by atoms with E-state index in [1.165, 1.54) is 12.8 Å². The van der Waals surface area contributed by atoms with Crippen LogP contribution in [0, 0.1) is 5.92 Å². The Bertz CT molecular complexity index is 244. The van der Waals surface area contributed by atoms with Gasteiger partial charge in [0, 0.05) is 32.2 Å². The van der Waals surface area contributed by atoms with Crippen molar-refractivity contribution in [1.29, 1.82) is 0 Å². The van der Waals surface area contributed by atoms with Crippen LogP contribution in [0.25, 0.3) is 0 Å². The summed E-state index contributed by atoms with van der Waals surface area (Å²) in [6, 6.07) is 0.415. The molecule has 2 atom stereocenters. The fraction of sp³-hybridized carbons (Fsp3) is 0.909. The molecule has 2 rings (SSSR count). The summed E-state index contributed by atoms with van der Waals surface area (Å²) in [4.78, 5) is 14.2. The van der Waals surface area contributed by atoms with Gasteiger partial charge in [0.15, 0.2) is 23.0 Å². The van der Waals surface area contributed by atoms with E-state index in [1.807, 2.05) is 0 Å². The molecule has 1 heterocycles. The Balaban J connectivity index is 2.00. The third-order valence-electron chi connectivity index (χ3n) is 3.73. The standard InChI is InChI=1S/C11H19IN2O2/c12-16-11(15)9-3-1-2-4-10(9)14-7-5-13-6-8-14/h9-10,13H,1-8H2. The molecule has 2 unspecified atom stereocenters. The summed E-state index contributed by atoms with van der Waals surface area (Å²) in [6.45, 7) is 4.22. The molecule has 0 aromatic carbocycles. The molecule has 92 valence electrons. The van der Waals surface area contributed by atoms with Gasteiger partial charge < -0.3 is 8.38 Å². The lowest BCUT2D eigenvalue weighted by Gasteiger charge is -2.40. The van der Waals surface area contributed by atoms with Crippen molar-refractivity contribution in [3.63, 3.8) is 0 Å². The highest BCUT2D eigenvalue weighted by Gasteiger charge is 2.36. The van der Waals surface area contributed by atoms with Crippen LogP contribution < -0.4 is 5.32 Å². The fourth-order valence-corrected chi connectivity index (χ4v) is 3.22. The van der Waals surface area contributed by atoms with Crippen molar-refractivity contribution >= 4 is 29.0 Å². The normalized spacial score (nSPS) is 32.3. The average molecular weight is 338 g/mol. The lowest BCUT2D eigenvalue weighted by atomic mass is 9.83. The van der Waals surface area contributed by atoms with E-state index < -0.39 is 0 Å². The van der Waals surface area contributed by atoms with Crippen LogP contribution in [-0.4, -0.2) is 43.1 Å². The van der Waals surface area contributed by atoms with Crippen LogP contribution in [-0.2, 0) is 7.86 Å². The molecular formula is C11H19IN2O2. The Morgan fingerprint density at radius 1 is 1.25 bits per heavy atom. The number of nitrogens with zero attached hydrogens (tertiary/aromatic N) is 1. The zero-order valence-corrected chi connectivity index (χ0v) is 11.6. The van der Waals surface area contributed by atoms with Gasteiger partial charge in [0.25, 0.3) is 0 Å². The molecule has 1 aliphatic heterocycles. The van der Waals surface area contributed by atoms with Gasteiger partial charge in [0.05, 0.1) is 5.92 Å². The summed E-state index contributed by atoms with van der Waals surface area (Å²) in [7, 11) is 0. The smallest absolute Gasteiger partial charge is 0.319 e. The number of piperazine rings is 1. The van der Waals surface area contributed by atoms with Gasteiger partial charge in [-0.05, 0) is 12.8 Å². The van der Waals surface area contributed by atoms with Crippen molar-refractivity contribution in [3.8, 4) is 0 Å². The van der Waals surface area contributed by atoms with E-state index in [0.29, 0.717) is 6.04 Å². The molecule has 0 amide bonds. The van der Waals surface area contributed by atoms with Crippen molar-refractivity contribution in [1.82, 2.24) is 10.2 Å². The van der Waals surface area contributed by atoms with Crippen LogP contribution in [0.4, 0.5) is 0 Å². The van der Waals surface area contributed by atoms with Crippen LogP contribution in [0.5, 0.6) is 0 Å². The van der Waals surface area contributed by atoms with Gasteiger partial charge >= 0.3 is 5.97 Å². The molecule has 1 saturated heterocycles. The molecule has 1 saturated carbocycles. The molecule has 16 heavy (non-hydrogen) atoms. The molecule has 1 N–H and O–H groups in total. The molecule has 0 radical (unpaired) electrons. The number of carbonyl (C=O) groups is 1. The second-order valence-electron chi connectivity index (χ2n) is 4.64. The predicted octanol–water partition coefficient (Wildman–Crippen LogP) is 1.34. The van der Waals surface area contributed by atoms with E-state index in [4.69, 9.17) is 3.07 Å². The third-order valence-corrected chi connectivity index (χ3v) is 4.16. The van der Waals surface area contributed by atoms with Crippen molar-refractivity contribution < 1.29 is 7.86 Å². The SMILES string of the molecule is O=C(OI)C1CCCCC1N1CCNCC1. The van der Waals surface area contributed by atoms with Crippen molar-refractivity contribution in [2.45, 2.75) is 31.7 Å². The second kappa shape index (κ2) is 6.16. The molecule has 0 aromatic rings. The molecule has 1 aliphatic carbocycles. The quantitative estimate of drug-likeness (QED) is 0.772. The van der Waals surface area contributed by atoms with Gasteiger partial charge in [-0.3, -0.25) is 9.69 Å². The van der Waals surface area contributed by atoms with Gasteiger partial charge in [-0.2, -0.15) is 0 Å². The number of hydrogen-bond acceptors (Lipinski definition) is 4. The van der Waals surface area contributed by atoms with Gasteiger partial charge in [-0.1, -0.05) is 12.8 Å². The van der Waals surface area contributed by atoms with Crippen molar-refractivity contribution in [2.75, 3.05) is 26.2 Å². The molecule has 2 aliphatic rings. The van der Waals surface area contributed by atoms with E-state index in [0.717, 1.165) is 39.0 Å². The molecule has 2 fully saturated rings. The van der Waals surface area contributed by atoms with E-state index in [9.17, 15) is 4.79 Å². The summed E-state index contributed by atoms with van der Waals surface area (Å²) in [5.41, 5.74) is 0. The first-order valence-electron chi connectivity index (χ1n) is 6.10. The van der Waals surface area contributed by atoms with Gasteiger partial charge in [-0.15, -0.1) is 0 Å². The first-order chi connectivity index (χ1) is 7.83. The minimum atomic E-state index is -0.0242. The van der Waals surface area contributed by atoms with Crippen LogP contribution in [0.3, 0.4) is 0 Å². The summed E-state index contributed by atoms with van der Waals surface area (Å²) in [5, 5.41) is 3.35. The third kappa shape index (κ3) is 2.87. The van der Waals surface area contributed by atoms with Gasteiger partial charge in [0.1, 0.15) is 0 Å². The highest BCUT2D eigenvalue weighted by atomic mass is 127. The van der Waals surface area contributed by atoms with Gasteiger partial charge in [0.2, 0.25) is 0 Å². The lowest BCUT2D eigenvalue weighted by Crippen LogP contribution is -2.53. The molecular weight excluding hydrogens is 319 g/mol. The topological polar surface area (TPSA) is 41.6 Å². The molecule has 5 heteroatoms. The Morgan fingerprint density at radius 3 is 2.62 bits per heavy atom. The lowest BCUT2D eigenvalue weighted by molar-refractivity contribution is -0.139. The Kier molecular flexibility index (Phi) is 4.84. The zero-order chi connectivity index (χ0) is 11.4. The van der Waals surface area contributed by atoms with E-state index >= 15 is 0 Å². The number of rotatable bonds is 2. The van der Waals surface area contributed by atoms with Crippen molar-refractivity contribution in [3.05, 3.63) is 0 Å². The fourth-order valence-electron chi connectivity index (χ4n) is 2.89. The largest absolute Gasteiger partial charge is 0.394 e. The number of carbonyl (C=O) groups excluding carboxylic acids is 1. The minimum Gasteiger partial charge on any atom is -0.394 e. The number of nitrogens with one attached hydrogen (secondary N) is 1. The zero-order valence-electron chi connectivity index (χ0n) is 9.45. The summed E-state index contributed by atoms with van der Waals surface area (Å²) >= 11 is 1.72. The highest BCUT2D eigenvalue weighted by Crippen LogP contribution is 2.30. The predicted molar refractivity (Wildman–Crippen MR) is 70.3 cm³/mol. The minimum absolute atomic E-state index is 0.0242. The Morgan fingerprint density at radius 2 is 1.94 bits per heavy atom. The number of hydrogen-bond donors (Lipinski definition) is 1. The van der Waals surface area contributed by atoms with Gasteiger partial charge in [-0.25, -0.2) is 0 Å². The Labute approximate surface area is 111 Å². The van der Waals surface area contributed by atoms with E-state index in [1.54, 1.807) is 23.0 Å². The molecule has 0 aromatic heterocycles. The second-order valence-corrected chi connectivity index (χ2v) is 5.08. The van der Waals surface area contributed by atoms with Crippen LogP contribution in [0.15, 0.2) is 0 Å².